The van der Waals surface area contributed by atoms with Crippen molar-refractivity contribution in [2.45, 2.75) is 38.2 Å². The van der Waals surface area contributed by atoms with E-state index in [9.17, 15) is 31.1 Å². The van der Waals surface area contributed by atoms with Crippen LogP contribution in [0.1, 0.15) is 19.8 Å². The number of aliphatic hydroxyl groups is 1. The third-order valence-electron chi connectivity index (χ3n) is 2.36. The second kappa shape index (κ2) is 8.01. The molecule has 0 aliphatic carbocycles. The molecule has 0 saturated carbocycles. The Labute approximate surface area is 109 Å². The monoisotopic (exact) mass is 310 g/mol. The van der Waals surface area contributed by atoms with Gasteiger partial charge in [0.2, 0.25) is 0 Å². The molecule has 0 spiro atoms. The topological polar surface area (TPSA) is 63.6 Å². The van der Waals surface area contributed by atoms with E-state index in [1.165, 1.54) is 6.92 Å². The number of halogens is 4. The Morgan fingerprint density at radius 1 is 1.32 bits per heavy atom. The molecule has 116 valence electrons. The van der Waals surface area contributed by atoms with Crippen LogP contribution in [0.4, 0.5) is 17.6 Å². The first-order valence-corrected chi connectivity index (χ1v) is 7.55. The van der Waals surface area contributed by atoms with Gasteiger partial charge >= 0.3 is 12.3 Å². The predicted molar refractivity (Wildman–Crippen MR) is 61.3 cm³/mol. The SMILES string of the molecule is CCS(=O)(=O)CCCC(O)COCC(F)(F)C(F)F. The summed E-state index contributed by atoms with van der Waals surface area (Å²) in [6.07, 6.45) is -4.77. The zero-order valence-electron chi connectivity index (χ0n) is 10.5. The summed E-state index contributed by atoms with van der Waals surface area (Å²) in [4.78, 5) is 0. The first-order chi connectivity index (χ1) is 8.60. The number of sulfone groups is 1. The van der Waals surface area contributed by atoms with Gasteiger partial charge in [-0.15, -0.1) is 0 Å². The molecule has 0 bridgehead atoms. The summed E-state index contributed by atoms with van der Waals surface area (Å²) in [6.45, 7) is -0.523. The van der Waals surface area contributed by atoms with Crippen molar-refractivity contribution < 1.29 is 35.8 Å². The van der Waals surface area contributed by atoms with Crippen molar-refractivity contribution in [2.75, 3.05) is 24.7 Å². The highest BCUT2D eigenvalue weighted by Gasteiger charge is 2.41. The van der Waals surface area contributed by atoms with E-state index >= 15 is 0 Å². The van der Waals surface area contributed by atoms with Crippen molar-refractivity contribution in [3.05, 3.63) is 0 Å². The lowest BCUT2D eigenvalue weighted by Crippen LogP contribution is -2.33. The number of ether oxygens (including phenoxy) is 1. The van der Waals surface area contributed by atoms with E-state index in [4.69, 9.17) is 0 Å². The molecule has 0 amide bonds. The molecule has 9 heteroatoms. The fourth-order valence-corrected chi connectivity index (χ4v) is 2.06. The highest BCUT2D eigenvalue weighted by atomic mass is 32.2. The molecule has 19 heavy (non-hydrogen) atoms. The van der Waals surface area contributed by atoms with Crippen LogP contribution >= 0.6 is 0 Å². The zero-order valence-corrected chi connectivity index (χ0v) is 11.3. The van der Waals surface area contributed by atoms with Crippen LogP contribution in [0.15, 0.2) is 0 Å². The molecule has 0 aliphatic rings. The Bertz CT molecular complexity index is 345. The quantitative estimate of drug-likeness (QED) is 0.621. The Morgan fingerprint density at radius 3 is 2.37 bits per heavy atom. The van der Waals surface area contributed by atoms with Gasteiger partial charge in [0.1, 0.15) is 16.4 Å². The van der Waals surface area contributed by atoms with Gasteiger partial charge < -0.3 is 9.84 Å². The summed E-state index contributed by atoms with van der Waals surface area (Å²) in [5.41, 5.74) is 0. The van der Waals surface area contributed by atoms with E-state index in [-0.39, 0.29) is 24.3 Å². The van der Waals surface area contributed by atoms with Gasteiger partial charge in [0.15, 0.2) is 0 Å². The molecule has 0 aliphatic heterocycles. The van der Waals surface area contributed by atoms with Gasteiger partial charge in [-0.3, -0.25) is 0 Å². The van der Waals surface area contributed by atoms with Crippen LogP contribution in [-0.4, -0.2) is 56.7 Å². The Morgan fingerprint density at radius 2 is 1.89 bits per heavy atom. The third kappa shape index (κ3) is 8.38. The van der Waals surface area contributed by atoms with Crippen LogP contribution in [0, 0.1) is 0 Å². The average molecular weight is 310 g/mol. The van der Waals surface area contributed by atoms with Crippen molar-refractivity contribution in [3.8, 4) is 0 Å². The normalized spacial score (nSPS) is 14.9. The van der Waals surface area contributed by atoms with Crippen molar-refractivity contribution in [1.29, 1.82) is 0 Å². The number of alkyl halides is 4. The number of hydrogen-bond acceptors (Lipinski definition) is 4. The van der Waals surface area contributed by atoms with E-state index in [1.807, 2.05) is 0 Å². The van der Waals surface area contributed by atoms with Crippen LogP contribution in [0.2, 0.25) is 0 Å². The summed E-state index contributed by atoms with van der Waals surface area (Å²) in [5, 5.41) is 9.30. The van der Waals surface area contributed by atoms with Crippen LogP contribution < -0.4 is 0 Å². The minimum atomic E-state index is -4.24. The minimum Gasteiger partial charge on any atom is -0.391 e. The highest BCUT2D eigenvalue weighted by Crippen LogP contribution is 2.22. The van der Waals surface area contributed by atoms with Gasteiger partial charge in [0.05, 0.1) is 18.5 Å². The predicted octanol–water partition coefficient (Wildman–Crippen LogP) is 1.48. The Balaban J connectivity index is 3.80. The molecule has 0 rings (SSSR count). The van der Waals surface area contributed by atoms with Crippen molar-refractivity contribution in [3.63, 3.8) is 0 Å². The summed E-state index contributed by atoms with van der Waals surface area (Å²) < 4.78 is 74.8. The second-order valence-electron chi connectivity index (χ2n) is 4.11. The lowest BCUT2D eigenvalue weighted by Gasteiger charge is -2.17. The van der Waals surface area contributed by atoms with Crippen LogP contribution in [0.3, 0.4) is 0 Å². The van der Waals surface area contributed by atoms with E-state index < -0.39 is 41.5 Å². The van der Waals surface area contributed by atoms with E-state index in [2.05, 4.69) is 4.74 Å². The molecular weight excluding hydrogens is 292 g/mol. The first kappa shape index (κ1) is 18.6. The lowest BCUT2D eigenvalue weighted by atomic mass is 10.2. The van der Waals surface area contributed by atoms with E-state index in [0.717, 1.165) is 0 Å². The largest absolute Gasteiger partial charge is 0.391 e. The van der Waals surface area contributed by atoms with Gasteiger partial charge in [-0.25, -0.2) is 17.2 Å². The maximum Gasteiger partial charge on any atom is 0.330 e. The Hall–Kier alpha value is -0.410. The second-order valence-corrected chi connectivity index (χ2v) is 6.58. The van der Waals surface area contributed by atoms with Gasteiger partial charge in [0.25, 0.3) is 0 Å². The van der Waals surface area contributed by atoms with Crippen LogP contribution in [0.5, 0.6) is 0 Å². The number of rotatable bonds is 10. The number of aliphatic hydroxyl groups excluding tert-OH is 1. The van der Waals surface area contributed by atoms with Gasteiger partial charge in [-0.1, -0.05) is 6.92 Å². The highest BCUT2D eigenvalue weighted by molar-refractivity contribution is 7.91. The molecule has 0 radical (unpaired) electrons. The minimum absolute atomic E-state index is 0.0137. The van der Waals surface area contributed by atoms with Crippen LogP contribution in [0.25, 0.3) is 0 Å². The number of hydrogen-bond donors (Lipinski definition) is 1. The lowest BCUT2D eigenvalue weighted by molar-refractivity contribution is -0.170. The van der Waals surface area contributed by atoms with Crippen LogP contribution in [-0.2, 0) is 14.6 Å². The third-order valence-corrected chi connectivity index (χ3v) is 4.15. The fourth-order valence-electron chi connectivity index (χ4n) is 1.16. The zero-order chi connectivity index (χ0) is 15.1. The van der Waals surface area contributed by atoms with E-state index in [1.54, 1.807) is 0 Å². The molecule has 1 unspecified atom stereocenters. The average Bonchev–Trinajstić information content (AvgIpc) is 2.28. The van der Waals surface area contributed by atoms with Gasteiger partial charge in [0, 0.05) is 5.75 Å². The van der Waals surface area contributed by atoms with Crippen molar-refractivity contribution in [1.82, 2.24) is 0 Å². The maximum absolute atomic E-state index is 12.4. The summed E-state index contributed by atoms with van der Waals surface area (Å²) in [7, 11) is -3.14. The van der Waals surface area contributed by atoms with Crippen molar-refractivity contribution in [2.24, 2.45) is 0 Å². The summed E-state index contributed by atoms with van der Waals surface area (Å²) in [5.74, 6) is -4.38. The molecule has 0 saturated heterocycles. The molecular formula is C10H18F4O4S. The van der Waals surface area contributed by atoms with Gasteiger partial charge in [-0.05, 0) is 12.8 Å². The molecule has 0 aromatic rings. The summed E-state index contributed by atoms with van der Waals surface area (Å²) >= 11 is 0. The summed E-state index contributed by atoms with van der Waals surface area (Å²) in [6, 6.07) is 0. The molecule has 0 heterocycles. The Kier molecular flexibility index (Phi) is 7.83. The molecule has 4 nitrogen and oxygen atoms in total. The standard InChI is InChI=1S/C10H18F4O4S/c1-2-19(16,17)5-3-4-8(15)6-18-7-10(13,14)9(11)12/h8-9,15H,2-7H2,1H3. The van der Waals surface area contributed by atoms with Gasteiger partial charge in [-0.2, -0.15) is 8.78 Å². The molecule has 0 aromatic heterocycles. The molecule has 1 atom stereocenters. The maximum atomic E-state index is 12.4. The first-order valence-electron chi connectivity index (χ1n) is 5.73. The molecule has 0 aromatic carbocycles. The molecule has 0 fully saturated rings. The molecule has 1 N–H and O–H groups in total. The van der Waals surface area contributed by atoms with E-state index in [0.29, 0.717) is 0 Å². The fraction of sp³-hybridized carbons (Fsp3) is 1.00. The smallest absolute Gasteiger partial charge is 0.330 e. The van der Waals surface area contributed by atoms with Crippen molar-refractivity contribution >= 4 is 9.84 Å².